The van der Waals surface area contributed by atoms with E-state index in [2.05, 4.69) is 23.1 Å². The third-order valence-electron chi connectivity index (χ3n) is 0.928. The van der Waals surface area contributed by atoms with Crippen molar-refractivity contribution < 1.29 is 26.0 Å². The summed E-state index contributed by atoms with van der Waals surface area (Å²) in [4.78, 5) is 0. The third kappa shape index (κ3) is 11.6. The van der Waals surface area contributed by atoms with Crippen molar-refractivity contribution >= 4 is 36.1 Å². The molecule has 0 aliphatic rings. The Balaban J connectivity index is 0. The van der Waals surface area contributed by atoms with Gasteiger partial charge in [-0.3, -0.25) is 0 Å². The molecular formula is C5H15Al2BO2V. The monoisotopic (exact) mass is 223 g/mol. The van der Waals surface area contributed by atoms with E-state index >= 15 is 0 Å². The van der Waals surface area contributed by atoms with Gasteiger partial charge >= 0.3 is 36.1 Å². The number of rotatable bonds is 4. The topological polar surface area (TPSA) is 18.5 Å². The molecule has 0 aliphatic carbocycles. The summed E-state index contributed by atoms with van der Waals surface area (Å²) in [6, 6.07) is 0. The minimum Gasteiger partial charge on any atom is -0.546 e. The van der Waals surface area contributed by atoms with Gasteiger partial charge in [0.15, 0.2) is 0 Å². The van der Waals surface area contributed by atoms with Crippen LogP contribution in [0.5, 0.6) is 0 Å². The summed E-state index contributed by atoms with van der Waals surface area (Å²) in [5.74, 6) is 8.62. The van der Waals surface area contributed by atoms with Crippen molar-refractivity contribution in [2.75, 3.05) is 0 Å². The van der Waals surface area contributed by atoms with Crippen LogP contribution in [0.3, 0.4) is 0 Å². The second-order valence-corrected chi connectivity index (χ2v) is 7.68. The summed E-state index contributed by atoms with van der Waals surface area (Å²) < 4.78 is 11.0. The number of hydrogen-bond donors (Lipinski definition) is 0. The summed E-state index contributed by atoms with van der Waals surface area (Å²) in [5, 5.41) is 0. The van der Waals surface area contributed by atoms with E-state index in [1.165, 1.54) is 0 Å². The zero-order valence-corrected chi connectivity index (χ0v) is 11.7. The maximum absolute atomic E-state index is 5.51. The van der Waals surface area contributed by atoms with Gasteiger partial charge in [0.1, 0.15) is 0 Å². The van der Waals surface area contributed by atoms with Crippen molar-refractivity contribution in [2.24, 2.45) is 0 Å². The predicted molar refractivity (Wildman–Crippen MR) is 48.8 cm³/mol. The molecule has 0 amide bonds. The van der Waals surface area contributed by atoms with Crippen molar-refractivity contribution in [1.82, 2.24) is 0 Å². The van der Waals surface area contributed by atoms with E-state index in [1.807, 2.05) is 6.82 Å². The summed E-state index contributed by atoms with van der Waals surface area (Å²) in [5.41, 5.74) is 0. The molecule has 0 aromatic carbocycles. The van der Waals surface area contributed by atoms with Crippen molar-refractivity contribution in [3.05, 3.63) is 0 Å². The molecule has 1 radical (unpaired) electrons. The molecular weight excluding hydrogens is 208 g/mol. The first-order chi connectivity index (χ1) is 4.52. The Hall–Kier alpha value is 1.63. The van der Waals surface area contributed by atoms with E-state index in [0.717, 1.165) is 0 Å². The molecule has 0 atom stereocenters. The van der Waals surface area contributed by atoms with E-state index in [-0.39, 0.29) is 25.7 Å². The quantitative estimate of drug-likeness (QED) is 0.674. The van der Waals surface area contributed by atoms with Crippen LogP contribution in [0.2, 0.25) is 30.0 Å². The predicted octanol–water partition coefficient (Wildman–Crippen LogP) is 1.64. The molecule has 0 saturated carbocycles. The van der Waals surface area contributed by atoms with Gasteiger partial charge < -0.3 is 7.41 Å². The molecule has 0 aromatic rings. The smallest absolute Gasteiger partial charge is 0.439 e. The van der Waals surface area contributed by atoms with Crippen molar-refractivity contribution in [1.29, 1.82) is 0 Å². The Bertz CT molecular complexity index is 84.6. The molecule has 0 heterocycles. The summed E-state index contributed by atoms with van der Waals surface area (Å²) in [6.07, 6.45) is 0. The van der Waals surface area contributed by atoms with E-state index in [1.54, 1.807) is 0 Å². The second-order valence-electron chi connectivity index (χ2n) is 2.94. The van der Waals surface area contributed by atoms with Crippen LogP contribution >= 0.6 is 0 Å². The van der Waals surface area contributed by atoms with Crippen LogP contribution in [0.15, 0.2) is 0 Å². The minimum atomic E-state index is -0.890. The summed E-state index contributed by atoms with van der Waals surface area (Å²) in [7, 11) is 0.0401. The molecule has 0 fully saturated rings. The van der Waals surface area contributed by atoms with Gasteiger partial charge in [-0.25, -0.2) is 0 Å². The van der Waals surface area contributed by atoms with Crippen LogP contribution in [0.25, 0.3) is 0 Å². The van der Waals surface area contributed by atoms with E-state index < -0.39 is 29.0 Å². The molecule has 0 rings (SSSR count). The van der Waals surface area contributed by atoms with Crippen LogP contribution in [-0.2, 0) is 26.0 Å². The molecule has 11 heavy (non-hydrogen) atoms. The molecule has 0 N–H and O–H groups in total. The molecule has 6 heteroatoms. The van der Waals surface area contributed by atoms with Crippen LogP contribution in [0, 0.1) is 0 Å². The average Bonchev–Trinajstić information content (AvgIpc) is 1.58. The molecule has 0 aromatic heterocycles. The zero-order valence-electron chi connectivity index (χ0n) is 8.00. The van der Waals surface area contributed by atoms with E-state index in [9.17, 15) is 0 Å². The first-order valence-electron chi connectivity index (χ1n) is 3.83. The maximum Gasteiger partial charge on any atom is 0.439 e. The average molecular weight is 223 g/mol. The summed E-state index contributed by atoms with van der Waals surface area (Å²) in [6.45, 7) is 1.99. The fourth-order valence-electron chi connectivity index (χ4n) is 0.799. The molecule has 0 saturated heterocycles. The molecule has 0 unspecified atom stereocenters. The van der Waals surface area contributed by atoms with Crippen LogP contribution in [-0.4, -0.2) is 36.1 Å². The molecule has 0 bridgehead atoms. The van der Waals surface area contributed by atoms with Gasteiger partial charge in [0.05, 0.1) is 0 Å². The first kappa shape index (κ1) is 15.1. The Morgan fingerprint density at radius 3 is 1.36 bits per heavy atom. The van der Waals surface area contributed by atoms with E-state index in [0.29, 0.717) is 0 Å². The SMILES string of the molecule is CB([O][Al]([CH3])[CH3])[O][Al]([CH3])[CH3].[V]. The fraction of sp³-hybridized carbons (Fsp3) is 1.00. The Labute approximate surface area is 91.5 Å². The van der Waals surface area contributed by atoms with Gasteiger partial charge in [-0.15, -0.1) is 0 Å². The molecule has 0 spiro atoms. The van der Waals surface area contributed by atoms with Gasteiger partial charge in [-0.1, -0.05) is 23.1 Å². The second kappa shape index (κ2) is 8.24. The largest absolute Gasteiger partial charge is 0.546 e. The minimum absolute atomic E-state index is 0. The fourth-order valence-corrected chi connectivity index (χ4v) is 2.59. The molecule has 61 valence electrons. The Morgan fingerprint density at radius 2 is 1.18 bits per heavy atom. The Morgan fingerprint density at radius 1 is 0.909 bits per heavy atom. The van der Waals surface area contributed by atoms with Gasteiger partial charge in [0.2, 0.25) is 0 Å². The maximum atomic E-state index is 5.51. The van der Waals surface area contributed by atoms with Gasteiger partial charge in [0.25, 0.3) is 0 Å². The standard InChI is InChI=1S/CH3BO2.4CH3.2Al.V/c1-2(3)4;;;;;;;/h1H3;4*1H3;;;/q-2;;;;;2*+1;. The van der Waals surface area contributed by atoms with Crippen molar-refractivity contribution in [3.63, 3.8) is 0 Å². The normalized spacial score (nSPS) is 8.45. The van der Waals surface area contributed by atoms with Crippen molar-refractivity contribution in [2.45, 2.75) is 30.0 Å². The Kier molecular flexibility index (Phi) is 11.3. The van der Waals surface area contributed by atoms with Gasteiger partial charge in [-0.2, -0.15) is 0 Å². The first-order valence-corrected chi connectivity index (χ1v) is 9.39. The van der Waals surface area contributed by atoms with E-state index in [4.69, 9.17) is 7.41 Å². The number of hydrogen-bond acceptors (Lipinski definition) is 2. The zero-order chi connectivity index (χ0) is 8.15. The van der Waals surface area contributed by atoms with Crippen LogP contribution < -0.4 is 0 Å². The third-order valence-corrected chi connectivity index (χ3v) is 2.78. The summed E-state index contributed by atoms with van der Waals surface area (Å²) >= 11 is -1.78. The molecule has 2 nitrogen and oxygen atoms in total. The van der Waals surface area contributed by atoms with Crippen molar-refractivity contribution in [3.8, 4) is 0 Å². The molecule has 0 aliphatic heterocycles. The van der Waals surface area contributed by atoms with Gasteiger partial charge in [0, 0.05) is 18.6 Å². The van der Waals surface area contributed by atoms with Crippen LogP contribution in [0.4, 0.5) is 0 Å². The van der Waals surface area contributed by atoms with Crippen LogP contribution in [0.1, 0.15) is 0 Å². The van der Waals surface area contributed by atoms with Gasteiger partial charge in [-0.05, 0) is 6.82 Å².